The molecule has 2 N–H and O–H groups in total. The van der Waals surface area contributed by atoms with Crippen molar-refractivity contribution >= 4 is 21.9 Å². The maximum atomic E-state index is 12.3. The quantitative estimate of drug-likeness (QED) is 0.529. The van der Waals surface area contributed by atoms with E-state index in [2.05, 4.69) is 4.98 Å². The lowest BCUT2D eigenvalue weighted by Gasteiger charge is -2.08. The highest BCUT2D eigenvalue weighted by Crippen LogP contribution is 2.35. The lowest BCUT2D eigenvalue weighted by Crippen LogP contribution is -2.10. The fourth-order valence-electron chi connectivity index (χ4n) is 2.79. The highest BCUT2D eigenvalue weighted by Gasteiger charge is 2.18. The van der Waals surface area contributed by atoms with E-state index in [1.165, 1.54) is 0 Å². The zero-order valence-electron chi connectivity index (χ0n) is 11.9. The molecule has 0 amide bonds. The van der Waals surface area contributed by atoms with Gasteiger partial charge < -0.3 is 9.52 Å². The molecule has 2 aromatic carbocycles. The first kappa shape index (κ1) is 13.3. The molecule has 0 aliphatic carbocycles. The summed E-state index contributed by atoms with van der Waals surface area (Å²) in [5, 5.41) is 12.0. The van der Waals surface area contributed by atoms with Crippen LogP contribution >= 0.6 is 0 Å². The molecule has 112 valence electrons. The number of benzene rings is 2. The van der Waals surface area contributed by atoms with Crippen LogP contribution in [-0.2, 0) is 0 Å². The van der Waals surface area contributed by atoms with E-state index >= 15 is 0 Å². The smallest absolute Gasteiger partial charge is 0.349 e. The molecule has 2 aromatic heterocycles. The predicted octanol–water partition coefficient (Wildman–Crippen LogP) is 3.01. The van der Waals surface area contributed by atoms with Gasteiger partial charge in [-0.15, -0.1) is 0 Å². The van der Waals surface area contributed by atoms with Crippen molar-refractivity contribution in [3.05, 3.63) is 75.4 Å². The van der Waals surface area contributed by atoms with E-state index in [1.54, 1.807) is 48.5 Å². The average Bonchev–Trinajstić information content (AvgIpc) is 2.55. The molecule has 0 bridgehead atoms. The SMILES string of the molecule is O=c1oc2[nH]c(=O)c3ccccc3c2c(O)c1-c1ccccc1. The van der Waals surface area contributed by atoms with E-state index in [1.807, 2.05) is 6.07 Å². The van der Waals surface area contributed by atoms with Gasteiger partial charge in [0.1, 0.15) is 11.3 Å². The Balaban J connectivity index is 2.24. The first-order chi connectivity index (χ1) is 11.2. The van der Waals surface area contributed by atoms with E-state index in [9.17, 15) is 14.7 Å². The largest absolute Gasteiger partial charge is 0.506 e. The van der Waals surface area contributed by atoms with Crippen LogP contribution in [0.1, 0.15) is 0 Å². The van der Waals surface area contributed by atoms with Crippen molar-refractivity contribution < 1.29 is 9.52 Å². The van der Waals surface area contributed by atoms with E-state index in [0.29, 0.717) is 21.7 Å². The van der Waals surface area contributed by atoms with Crippen molar-refractivity contribution in [2.45, 2.75) is 0 Å². The fourth-order valence-corrected chi connectivity index (χ4v) is 2.79. The standard InChI is InChI=1S/C18H11NO4/c20-15-13(10-6-2-1-3-7-10)18(22)23-17-14(15)11-8-4-5-9-12(11)16(21)19-17/h1-9,20H,(H,19,21). The maximum Gasteiger partial charge on any atom is 0.349 e. The van der Waals surface area contributed by atoms with Crippen LogP contribution in [0.4, 0.5) is 0 Å². The number of nitrogens with one attached hydrogen (secondary N) is 1. The van der Waals surface area contributed by atoms with Crippen molar-refractivity contribution in [2.75, 3.05) is 0 Å². The van der Waals surface area contributed by atoms with Gasteiger partial charge in [-0.3, -0.25) is 9.78 Å². The van der Waals surface area contributed by atoms with Crippen molar-refractivity contribution in [1.29, 1.82) is 0 Å². The van der Waals surface area contributed by atoms with Crippen LogP contribution in [0.3, 0.4) is 0 Å². The minimum absolute atomic E-state index is 0.0316. The van der Waals surface area contributed by atoms with Gasteiger partial charge in [0.25, 0.3) is 5.56 Å². The van der Waals surface area contributed by atoms with Gasteiger partial charge in [-0.05, 0) is 11.6 Å². The Kier molecular flexibility index (Phi) is 2.81. The Bertz CT molecular complexity index is 1160. The van der Waals surface area contributed by atoms with Gasteiger partial charge >= 0.3 is 5.63 Å². The molecule has 0 atom stereocenters. The lowest BCUT2D eigenvalue weighted by molar-refractivity contribution is 0.470. The van der Waals surface area contributed by atoms with Crippen molar-refractivity contribution in [3.8, 4) is 16.9 Å². The van der Waals surface area contributed by atoms with Crippen LogP contribution in [-0.4, -0.2) is 10.1 Å². The number of rotatable bonds is 1. The van der Waals surface area contributed by atoms with Crippen molar-refractivity contribution in [3.63, 3.8) is 0 Å². The number of hydrogen-bond acceptors (Lipinski definition) is 4. The first-order valence-corrected chi connectivity index (χ1v) is 7.03. The minimum Gasteiger partial charge on any atom is -0.506 e. The zero-order chi connectivity index (χ0) is 16.0. The van der Waals surface area contributed by atoms with Crippen LogP contribution in [0.25, 0.3) is 33.0 Å². The predicted molar refractivity (Wildman–Crippen MR) is 87.7 cm³/mol. The second-order valence-electron chi connectivity index (χ2n) is 5.18. The summed E-state index contributed by atoms with van der Waals surface area (Å²) < 4.78 is 5.25. The summed E-state index contributed by atoms with van der Waals surface area (Å²) in [4.78, 5) is 26.8. The Morgan fingerprint density at radius 2 is 1.52 bits per heavy atom. The summed E-state index contributed by atoms with van der Waals surface area (Å²) in [6, 6.07) is 15.6. The summed E-state index contributed by atoms with van der Waals surface area (Å²) in [5.74, 6) is -0.199. The molecule has 0 spiro atoms. The molecule has 0 aliphatic rings. The van der Waals surface area contributed by atoms with E-state index in [-0.39, 0.29) is 22.6 Å². The second kappa shape index (κ2) is 4.84. The van der Waals surface area contributed by atoms with Crippen LogP contribution in [0.15, 0.2) is 68.6 Å². The maximum absolute atomic E-state index is 12.3. The van der Waals surface area contributed by atoms with Gasteiger partial charge in [-0.1, -0.05) is 48.5 Å². The molecule has 0 saturated carbocycles. The molecule has 5 heteroatoms. The molecule has 0 saturated heterocycles. The fraction of sp³-hybridized carbons (Fsp3) is 0. The third-order valence-electron chi connectivity index (χ3n) is 3.83. The molecule has 2 heterocycles. The van der Waals surface area contributed by atoms with Gasteiger partial charge in [-0.25, -0.2) is 4.79 Å². The molecule has 4 rings (SSSR count). The monoisotopic (exact) mass is 305 g/mol. The van der Waals surface area contributed by atoms with Crippen molar-refractivity contribution in [2.24, 2.45) is 0 Å². The van der Waals surface area contributed by atoms with Crippen LogP contribution < -0.4 is 11.2 Å². The Hall–Kier alpha value is -3.34. The molecule has 0 fully saturated rings. The number of aromatic hydroxyl groups is 1. The molecular weight excluding hydrogens is 294 g/mol. The number of H-pyrrole nitrogens is 1. The lowest BCUT2D eigenvalue weighted by atomic mass is 10.0. The Labute approximate surface area is 129 Å². The highest BCUT2D eigenvalue weighted by molar-refractivity contribution is 6.08. The summed E-state index contributed by atoms with van der Waals surface area (Å²) in [6.45, 7) is 0. The van der Waals surface area contributed by atoms with Crippen molar-refractivity contribution in [1.82, 2.24) is 4.98 Å². The Morgan fingerprint density at radius 1 is 0.870 bits per heavy atom. The number of pyridine rings is 1. The van der Waals surface area contributed by atoms with Crippen LogP contribution in [0.5, 0.6) is 5.75 Å². The third-order valence-corrected chi connectivity index (χ3v) is 3.83. The van der Waals surface area contributed by atoms with Gasteiger partial charge in [0, 0.05) is 10.8 Å². The normalized spacial score (nSPS) is 11.1. The molecule has 4 aromatic rings. The zero-order valence-corrected chi connectivity index (χ0v) is 11.9. The van der Waals surface area contributed by atoms with Crippen LogP contribution in [0.2, 0.25) is 0 Å². The van der Waals surface area contributed by atoms with Gasteiger partial charge in [0.15, 0.2) is 0 Å². The topological polar surface area (TPSA) is 83.3 Å². The molecule has 0 unspecified atom stereocenters. The van der Waals surface area contributed by atoms with E-state index in [4.69, 9.17) is 4.42 Å². The van der Waals surface area contributed by atoms with Gasteiger partial charge in [0.2, 0.25) is 5.71 Å². The Morgan fingerprint density at radius 3 is 2.26 bits per heavy atom. The number of aromatic amines is 1. The molecule has 23 heavy (non-hydrogen) atoms. The van der Waals surface area contributed by atoms with Gasteiger partial charge in [0.05, 0.1) is 5.39 Å². The second-order valence-corrected chi connectivity index (χ2v) is 5.18. The molecule has 0 radical (unpaired) electrons. The first-order valence-electron chi connectivity index (χ1n) is 7.03. The highest BCUT2D eigenvalue weighted by atomic mass is 16.4. The van der Waals surface area contributed by atoms with Gasteiger partial charge in [-0.2, -0.15) is 0 Å². The molecule has 0 aliphatic heterocycles. The summed E-state index contributed by atoms with van der Waals surface area (Å²) in [5.41, 5.74) is -0.475. The molecular formula is C18H11NO4. The summed E-state index contributed by atoms with van der Waals surface area (Å²) in [7, 11) is 0. The van der Waals surface area contributed by atoms with Crippen LogP contribution in [0, 0.1) is 0 Å². The van der Waals surface area contributed by atoms with E-state index < -0.39 is 5.63 Å². The number of hydrogen-bond donors (Lipinski definition) is 2. The summed E-state index contributed by atoms with van der Waals surface area (Å²) in [6.07, 6.45) is 0. The number of fused-ring (bicyclic) bond motifs is 3. The molecule has 5 nitrogen and oxygen atoms in total. The summed E-state index contributed by atoms with van der Waals surface area (Å²) >= 11 is 0. The number of aromatic nitrogens is 1. The minimum atomic E-state index is -0.702. The average molecular weight is 305 g/mol. The van der Waals surface area contributed by atoms with E-state index in [0.717, 1.165) is 0 Å². The third kappa shape index (κ3) is 1.94.